The average molecular weight is 924 g/mol. The Kier molecular flexibility index (Phi) is 14.7. The summed E-state index contributed by atoms with van der Waals surface area (Å²) in [7, 11) is 18.2. The zero-order chi connectivity index (χ0) is 43.5. The minimum absolute atomic E-state index is 0.127. The van der Waals surface area contributed by atoms with Crippen LogP contribution in [0.15, 0.2) is 96.1 Å². The molecule has 2 aliphatic rings. The second-order valence-corrected chi connectivity index (χ2v) is 39.8. The number of halogens is 2. The number of amides is 2. The Bertz CT molecular complexity index is 2140. The summed E-state index contributed by atoms with van der Waals surface area (Å²) in [6.45, 7) is 21.8. The number of carbonyl (C=O) groups excluding carboxylic acids is 2. The third-order valence-corrected chi connectivity index (χ3v) is 33.1. The summed E-state index contributed by atoms with van der Waals surface area (Å²) < 4.78 is -1.80. The van der Waals surface area contributed by atoms with E-state index in [0.717, 1.165) is 59.1 Å². The molecule has 2 amide bonds. The molecule has 0 saturated heterocycles. The number of fused-ring (bicyclic) bond motifs is 2. The van der Waals surface area contributed by atoms with Crippen molar-refractivity contribution in [1.29, 1.82) is 0 Å². The van der Waals surface area contributed by atoms with Crippen LogP contribution >= 0.6 is 17.0 Å². The molecule has 0 radical (unpaired) electrons. The van der Waals surface area contributed by atoms with Crippen LogP contribution < -0.4 is 10.5 Å². The van der Waals surface area contributed by atoms with E-state index < -0.39 is 27.9 Å². The van der Waals surface area contributed by atoms with Gasteiger partial charge in [0.25, 0.3) is 0 Å². The number of carbonyl (C=O) groups is 2. The van der Waals surface area contributed by atoms with Gasteiger partial charge in [-0.3, -0.25) is 0 Å². The minimum atomic E-state index is -6.12. The van der Waals surface area contributed by atoms with Crippen LogP contribution in [-0.4, -0.2) is 16.3 Å². The Hall–Kier alpha value is -3.17. The summed E-state index contributed by atoms with van der Waals surface area (Å²) >= 11 is -6.12. The molecule has 0 heterocycles. The molecule has 0 bridgehead atoms. The molecule has 4 unspecified atom stereocenters. The molecule has 2 aliphatic carbocycles. The third-order valence-electron chi connectivity index (χ3n) is 13.3. The van der Waals surface area contributed by atoms with Crippen molar-refractivity contribution in [3.63, 3.8) is 0 Å². The number of allylic oxidation sites excluding steroid dienone is 2. The summed E-state index contributed by atoms with van der Waals surface area (Å²) in [5.74, 6) is 0.847. The first kappa shape index (κ1) is 46.3. The van der Waals surface area contributed by atoms with Crippen molar-refractivity contribution >= 4 is 45.5 Å². The normalized spacial score (nSPS) is 17.6. The number of benzene rings is 4. The Morgan fingerprint density at radius 1 is 0.567 bits per heavy atom. The van der Waals surface area contributed by atoms with Gasteiger partial charge in [0, 0.05) is 0 Å². The number of hydrogen-bond acceptors (Lipinski definition) is 2. The molecule has 4 nitrogen and oxygen atoms in total. The monoisotopic (exact) mass is 921 g/mol. The molecular formula is C52H66BCl2N2O2Zr. The van der Waals surface area contributed by atoms with Crippen molar-refractivity contribution in [2.24, 2.45) is 23.7 Å². The molecule has 6 rings (SSSR count). The SMILES string of the molecule is CCC(=O)N[B](NC(=O)CC)[Zr]([Cl])([Cl])([CH]1C(C(C)CC)=Cc2c(-c3ccccc3CC(C)C)cccc21)[CH]1C(C(C)CC)=Cc2c(-c3ccccc3CC(C)C)cccc21. The van der Waals surface area contributed by atoms with E-state index in [1.807, 2.05) is 13.8 Å². The molecule has 0 aromatic heterocycles. The molecule has 4 atom stereocenters. The van der Waals surface area contributed by atoms with Crippen LogP contribution in [0.2, 0.25) is 0 Å². The fraction of sp³-hybridized carbons (Fsp3) is 0.423. The van der Waals surface area contributed by atoms with Crippen molar-refractivity contribution in [1.82, 2.24) is 10.5 Å². The average Bonchev–Trinajstić information content (AvgIpc) is 3.84. The second-order valence-electron chi connectivity index (χ2n) is 18.4. The summed E-state index contributed by atoms with van der Waals surface area (Å²) in [4.78, 5) is 27.8. The van der Waals surface area contributed by atoms with Crippen LogP contribution in [0.3, 0.4) is 0 Å². The van der Waals surface area contributed by atoms with Crippen LogP contribution in [0.1, 0.15) is 136 Å². The van der Waals surface area contributed by atoms with Gasteiger partial charge in [-0.2, -0.15) is 0 Å². The van der Waals surface area contributed by atoms with Gasteiger partial charge in [0.1, 0.15) is 0 Å². The van der Waals surface area contributed by atoms with E-state index in [0.29, 0.717) is 11.8 Å². The van der Waals surface area contributed by atoms with Crippen LogP contribution in [0.4, 0.5) is 0 Å². The molecule has 0 aliphatic heterocycles. The molecule has 0 spiro atoms. The quantitative estimate of drug-likeness (QED) is 0.104. The van der Waals surface area contributed by atoms with Crippen molar-refractivity contribution in [2.45, 2.75) is 115 Å². The van der Waals surface area contributed by atoms with Crippen molar-refractivity contribution < 1.29 is 25.8 Å². The van der Waals surface area contributed by atoms with Gasteiger partial charge < -0.3 is 0 Å². The van der Waals surface area contributed by atoms with Gasteiger partial charge >= 0.3 is 372 Å². The Morgan fingerprint density at radius 2 is 0.933 bits per heavy atom. The molecule has 0 fully saturated rings. The molecule has 60 heavy (non-hydrogen) atoms. The van der Waals surface area contributed by atoms with Gasteiger partial charge in [-0.05, 0) is 0 Å². The summed E-state index contributed by atoms with van der Waals surface area (Å²) in [6.07, 6.45) is 8.91. The summed E-state index contributed by atoms with van der Waals surface area (Å²) in [6, 6.07) is 30.8. The van der Waals surface area contributed by atoms with Crippen LogP contribution in [0, 0.1) is 23.7 Å². The fourth-order valence-corrected chi connectivity index (χ4v) is 30.8. The van der Waals surface area contributed by atoms with Gasteiger partial charge in [0.15, 0.2) is 0 Å². The maximum absolute atomic E-state index is 13.9. The predicted molar refractivity (Wildman–Crippen MR) is 256 cm³/mol. The summed E-state index contributed by atoms with van der Waals surface area (Å²) in [5, 5.41) is 6.68. The fourth-order valence-electron chi connectivity index (χ4n) is 10.0. The standard InChI is InChI=1S/2C23H27.C6H11BN2O2.2ClH.Zr/c2*1-5-17(4)20-14-19-10-8-12-22(23(19)15-20)21-11-7-6-9-18(21)13-16(2)3;1-3-5(10)8-7-9-6(11)4-2;;;/h2*6-12,14-17H,5,13H2,1-4H3;3-4H2,1-2H3,(H-,8,9,10,11);2*1H;/q;;;;;+1/p-1. The van der Waals surface area contributed by atoms with E-state index in [1.165, 1.54) is 33.4 Å². The number of nitrogens with one attached hydrogen (secondary N) is 2. The molecule has 0 saturated carbocycles. The zero-order valence-electron chi connectivity index (χ0n) is 37.6. The molecule has 317 valence electrons. The van der Waals surface area contributed by atoms with E-state index in [4.69, 9.17) is 17.0 Å². The Labute approximate surface area is 369 Å². The Morgan fingerprint density at radius 3 is 1.28 bits per heavy atom. The molecule has 8 heteroatoms. The number of hydrogen-bond donors (Lipinski definition) is 2. The first-order chi connectivity index (χ1) is 28.6. The first-order valence-corrected chi connectivity index (χ1v) is 33.2. The maximum atomic E-state index is 13.9. The van der Waals surface area contributed by atoms with E-state index in [-0.39, 0.29) is 36.5 Å². The summed E-state index contributed by atoms with van der Waals surface area (Å²) in [5.41, 5.74) is 14.2. The number of rotatable bonds is 17. The first-order valence-electron chi connectivity index (χ1n) is 22.6. The molecule has 2 N–H and O–H groups in total. The van der Waals surface area contributed by atoms with Crippen LogP contribution in [-0.2, 0) is 38.6 Å². The van der Waals surface area contributed by atoms with Gasteiger partial charge in [-0.25, -0.2) is 0 Å². The molecular weight excluding hydrogens is 858 g/mol. The van der Waals surface area contributed by atoms with Gasteiger partial charge in [-0.15, -0.1) is 0 Å². The topological polar surface area (TPSA) is 58.2 Å². The van der Waals surface area contributed by atoms with Gasteiger partial charge in [0.05, 0.1) is 0 Å². The van der Waals surface area contributed by atoms with Crippen molar-refractivity contribution in [3.05, 3.63) is 129 Å². The van der Waals surface area contributed by atoms with E-state index in [9.17, 15) is 9.59 Å². The van der Waals surface area contributed by atoms with Crippen molar-refractivity contribution in [3.8, 4) is 22.3 Å². The zero-order valence-corrected chi connectivity index (χ0v) is 41.6. The van der Waals surface area contributed by atoms with E-state index in [2.05, 4.69) is 163 Å². The van der Waals surface area contributed by atoms with Gasteiger partial charge in [-0.1, -0.05) is 0 Å². The van der Waals surface area contributed by atoms with Crippen molar-refractivity contribution in [2.75, 3.05) is 0 Å². The van der Waals surface area contributed by atoms with Gasteiger partial charge in [0.2, 0.25) is 0 Å². The van der Waals surface area contributed by atoms with E-state index in [1.54, 1.807) is 0 Å². The van der Waals surface area contributed by atoms with Crippen LogP contribution in [0.5, 0.6) is 0 Å². The third kappa shape index (κ3) is 8.74. The predicted octanol–water partition coefficient (Wildman–Crippen LogP) is 14.1. The van der Waals surface area contributed by atoms with E-state index >= 15 is 0 Å². The Balaban J connectivity index is 1.74. The molecule has 4 aromatic carbocycles. The van der Waals surface area contributed by atoms with Crippen LogP contribution in [0.25, 0.3) is 34.4 Å². The molecule has 4 aromatic rings. The second kappa shape index (κ2) is 19.1.